The van der Waals surface area contributed by atoms with Gasteiger partial charge in [-0.3, -0.25) is 4.79 Å². The van der Waals surface area contributed by atoms with Crippen LogP contribution in [-0.2, 0) is 14.3 Å². The van der Waals surface area contributed by atoms with E-state index in [1.807, 2.05) is 0 Å². The largest absolute Gasteiger partial charge is 0.374 e. The minimum absolute atomic E-state index is 0.148. The Morgan fingerprint density at radius 3 is 2.05 bits per heavy atom. The molecule has 0 aromatic rings. The molecule has 4 heteroatoms. The van der Waals surface area contributed by atoms with Gasteiger partial charge in [0.05, 0.1) is 6.54 Å². The van der Waals surface area contributed by atoms with Gasteiger partial charge in [-0.25, -0.2) is 4.79 Å². The van der Waals surface area contributed by atoms with Gasteiger partial charge in [0.15, 0.2) is 0 Å². The molecule has 0 N–H and O–H groups in total. The van der Waals surface area contributed by atoms with Crippen molar-refractivity contribution in [1.29, 1.82) is 0 Å². The molecule has 1 aliphatic rings. The van der Waals surface area contributed by atoms with Crippen molar-refractivity contribution in [2.45, 2.75) is 77.2 Å². The number of nitrogens with zero attached hydrogens (tertiary/aromatic N) is 1. The van der Waals surface area contributed by atoms with Crippen LogP contribution in [0.5, 0.6) is 0 Å². The molecule has 0 spiro atoms. The van der Waals surface area contributed by atoms with Gasteiger partial charge in [0.1, 0.15) is 17.6 Å². The number of amides is 1. The van der Waals surface area contributed by atoms with E-state index in [-0.39, 0.29) is 11.5 Å². The Hall–Kier alpha value is -1.12. The third-order valence-electron chi connectivity index (χ3n) is 4.40. The van der Waals surface area contributed by atoms with Crippen molar-refractivity contribution in [3.63, 3.8) is 0 Å². The second-order valence-corrected chi connectivity index (χ2v) is 6.17. The third kappa shape index (κ3) is 6.33. The minimum atomic E-state index is -0.395. The Balaban J connectivity index is 2.03. The number of methoxy groups -OCH3 is 1. The maximum Gasteiger partial charge on any atom is 0.263 e. The maximum atomic E-state index is 11.9. The molecule has 1 aliphatic heterocycles. The summed E-state index contributed by atoms with van der Waals surface area (Å²) in [6.45, 7) is 3.46. The van der Waals surface area contributed by atoms with Crippen LogP contribution in [0.15, 0.2) is 5.57 Å². The van der Waals surface area contributed by atoms with Gasteiger partial charge in [-0.15, -0.1) is 0 Å². The summed E-state index contributed by atoms with van der Waals surface area (Å²) >= 11 is 0. The molecule has 0 aromatic carbocycles. The molecule has 1 saturated heterocycles. The molecule has 1 atom stereocenters. The van der Waals surface area contributed by atoms with Crippen molar-refractivity contribution in [2.24, 2.45) is 0 Å². The van der Waals surface area contributed by atoms with Crippen LogP contribution in [0.4, 0.5) is 0 Å². The highest BCUT2D eigenvalue weighted by Crippen LogP contribution is 2.19. The van der Waals surface area contributed by atoms with Crippen LogP contribution < -0.4 is 0 Å². The van der Waals surface area contributed by atoms with E-state index in [1.165, 1.54) is 58.5 Å². The highest BCUT2D eigenvalue weighted by Gasteiger charge is 2.35. The van der Waals surface area contributed by atoms with Gasteiger partial charge in [0.25, 0.3) is 5.91 Å². The normalized spacial score (nSPS) is 18.1. The Kier molecular flexibility index (Phi) is 9.85. The summed E-state index contributed by atoms with van der Waals surface area (Å²) in [5.74, 6) is 1.54. The Morgan fingerprint density at radius 1 is 1.05 bits per heavy atom. The molecule has 126 valence electrons. The smallest absolute Gasteiger partial charge is 0.263 e. The third-order valence-corrected chi connectivity index (χ3v) is 4.40. The van der Waals surface area contributed by atoms with Gasteiger partial charge >= 0.3 is 0 Å². The fourth-order valence-electron chi connectivity index (χ4n) is 2.97. The number of carbonyl (C=O) groups excluding carboxylic acids is 2. The number of hydrogen-bond acceptors (Lipinski definition) is 3. The molecule has 22 heavy (non-hydrogen) atoms. The lowest BCUT2D eigenvalue weighted by Gasteiger charge is -2.15. The molecule has 0 saturated carbocycles. The van der Waals surface area contributed by atoms with Crippen LogP contribution >= 0.6 is 0 Å². The van der Waals surface area contributed by atoms with E-state index in [2.05, 4.69) is 6.92 Å². The van der Waals surface area contributed by atoms with Crippen LogP contribution in [-0.4, -0.2) is 43.1 Å². The molecular weight excluding hydrogens is 278 g/mol. The minimum Gasteiger partial charge on any atom is -0.374 e. The van der Waals surface area contributed by atoms with Crippen LogP contribution in [0.25, 0.3) is 0 Å². The molecule has 1 amide bonds. The molecule has 0 aromatic heterocycles. The SMILES string of the molecule is CCCCCCCCCCCCN1CC(OC)C(=C=O)C1=O. The number of unbranched alkanes of at least 4 members (excludes halogenated alkanes) is 9. The fourth-order valence-corrected chi connectivity index (χ4v) is 2.97. The fraction of sp³-hybridized carbons (Fsp3) is 0.833. The second kappa shape index (κ2) is 11.4. The predicted octanol–water partition coefficient (Wildman–Crippen LogP) is 3.52. The summed E-state index contributed by atoms with van der Waals surface area (Å²) < 4.78 is 5.15. The number of ether oxygens (including phenoxy) is 1. The lowest BCUT2D eigenvalue weighted by Crippen LogP contribution is -2.27. The summed E-state index contributed by atoms with van der Waals surface area (Å²) in [5, 5.41) is 0. The van der Waals surface area contributed by atoms with Crippen molar-refractivity contribution in [1.82, 2.24) is 4.90 Å². The number of hydrogen-bond donors (Lipinski definition) is 0. The summed E-state index contributed by atoms with van der Waals surface area (Å²) in [4.78, 5) is 24.5. The Labute approximate surface area is 134 Å². The first-order valence-electron chi connectivity index (χ1n) is 8.81. The zero-order chi connectivity index (χ0) is 16.2. The molecule has 1 unspecified atom stereocenters. The average Bonchev–Trinajstić information content (AvgIpc) is 2.84. The maximum absolute atomic E-state index is 11.9. The van der Waals surface area contributed by atoms with Crippen molar-refractivity contribution < 1.29 is 14.3 Å². The van der Waals surface area contributed by atoms with Gasteiger partial charge in [-0.1, -0.05) is 64.7 Å². The topological polar surface area (TPSA) is 46.6 Å². The number of likely N-dealkylation sites (tertiary alicyclic amines) is 1. The van der Waals surface area contributed by atoms with Crippen molar-refractivity contribution in [3.8, 4) is 0 Å². The zero-order valence-corrected chi connectivity index (χ0v) is 14.2. The number of carbonyl (C=O) groups is 1. The highest BCUT2D eigenvalue weighted by atomic mass is 16.5. The lowest BCUT2D eigenvalue weighted by molar-refractivity contribution is -0.124. The van der Waals surface area contributed by atoms with E-state index in [1.54, 1.807) is 10.8 Å². The van der Waals surface area contributed by atoms with Crippen molar-refractivity contribution >= 4 is 11.8 Å². The van der Waals surface area contributed by atoms with Gasteiger partial charge < -0.3 is 9.64 Å². The molecule has 1 heterocycles. The summed E-state index contributed by atoms with van der Waals surface area (Å²) in [7, 11) is 1.53. The van der Waals surface area contributed by atoms with E-state index in [4.69, 9.17) is 4.74 Å². The second-order valence-electron chi connectivity index (χ2n) is 6.17. The first-order valence-corrected chi connectivity index (χ1v) is 8.81. The molecular formula is C18H31NO3. The van der Waals surface area contributed by atoms with Gasteiger partial charge in [-0.05, 0) is 6.42 Å². The quantitative estimate of drug-likeness (QED) is 0.315. The molecule has 1 rings (SSSR count). The summed E-state index contributed by atoms with van der Waals surface area (Å²) in [6, 6.07) is 0. The molecule has 0 bridgehead atoms. The molecule has 4 nitrogen and oxygen atoms in total. The monoisotopic (exact) mass is 309 g/mol. The van der Waals surface area contributed by atoms with Crippen molar-refractivity contribution in [3.05, 3.63) is 5.57 Å². The predicted molar refractivity (Wildman–Crippen MR) is 88.4 cm³/mol. The van der Waals surface area contributed by atoms with Crippen molar-refractivity contribution in [2.75, 3.05) is 20.2 Å². The number of rotatable bonds is 12. The lowest BCUT2D eigenvalue weighted by atomic mass is 10.1. The summed E-state index contributed by atoms with van der Waals surface area (Å²) in [6.07, 6.45) is 12.4. The standard InChI is InChI=1S/C18H31NO3/c1-3-4-5-6-7-8-9-10-11-12-13-19-14-17(22-2)16(15-20)18(19)21/h17H,3-14H2,1-2H3. The first kappa shape index (κ1) is 18.9. The van der Waals surface area contributed by atoms with Gasteiger partial charge in [0, 0.05) is 13.7 Å². The molecule has 1 fully saturated rings. The van der Waals surface area contributed by atoms with Crippen LogP contribution in [0.3, 0.4) is 0 Å². The Bertz CT molecular complexity index is 375. The first-order chi connectivity index (χ1) is 10.7. The summed E-state index contributed by atoms with van der Waals surface area (Å²) in [5.41, 5.74) is 0.148. The van der Waals surface area contributed by atoms with Crippen LogP contribution in [0, 0.1) is 0 Å². The van der Waals surface area contributed by atoms with E-state index in [9.17, 15) is 9.59 Å². The van der Waals surface area contributed by atoms with Crippen LogP contribution in [0.2, 0.25) is 0 Å². The highest BCUT2D eigenvalue weighted by molar-refractivity contribution is 6.03. The van der Waals surface area contributed by atoms with Gasteiger partial charge in [0.2, 0.25) is 0 Å². The van der Waals surface area contributed by atoms with Crippen LogP contribution in [0.1, 0.15) is 71.1 Å². The zero-order valence-electron chi connectivity index (χ0n) is 14.2. The average molecular weight is 309 g/mol. The Morgan fingerprint density at radius 2 is 1.59 bits per heavy atom. The van der Waals surface area contributed by atoms with Gasteiger partial charge in [-0.2, -0.15) is 0 Å². The van der Waals surface area contributed by atoms with E-state index in [0.717, 1.165) is 19.4 Å². The molecule has 0 radical (unpaired) electrons. The van der Waals surface area contributed by atoms with E-state index in [0.29, 0.717) is 6.54 Å². The van der Waals surface area contributed by atoms with E-state index >= 15 is 0 Å². The molecule has 0 aliphatic carbocycles. The van der Waals surface area contributed by atoms with E-state index < -0.39 is 6.10 Å².